The van der Waals surface area contributed by atoms with Crippen LogP contribution in [0.15, 0.2) is 30.5 Å². The summed E-state index contributed by atoms with van der Waals surface area (Å²) in [7, 11) is 0. The van der Waals surface area contributed by atoms with Crippen LogP contribution >= 0.6 is 11.6 Å². The summed E-state index contributed by atoms with van der Waals surface area (Å²) in [5.74, 6) is -0.318. The van der Waals surface area contributed by atoms with Crippen LogP contribution in [-0.2, 0) is 4.74 Å². The summed E-state index contributed by atoms with van der Waals surface area (Å²) >= 11 is 6.69. The van der Waals surface area contributed by atoms with E-state index >= 15 is 0 Å². The van der Waals surface area contributed by atoms with Crippen LogP contribution in [0.3, 0.4) is 0 Å². The summed E-state index contributed by atoms with van der Waals surface area (Å²) in [4.78, 5) is 31.5. The van der Waals surface area contributed by atoms with Gasteiger partial charge in [0.1, 0.15) is 5.60 Å². The van der Waals surface area contributed by atoms with Crippen LogP contribution in [0.1, 0.15) is 61.3 Å². The maximum atomic E-state index is 12.9. The Labute approximate surface area is 204 Å². The molecule has 34 heavy (non-hydrogen) atoms. The molecule has 1 N–H and O–H groups in total. The quantitative estimate of drug-likeness (QED) is 0.529. The molecule has 1 fully saturated rings. The van der Waals surface area contributed by atoms with E-state index in [1.54, 1.807) is 4.90 Å². The summed E-state index contributed by atoms with van der Waals surface area (Å²) in [6, 6.07) is 7.63. The van der Waals surface area contributed by atoms with E-state index in [4.69, 9.17) is 21.4 Å². The van der Waals surface area contributed by atoms with Gasteiger partial charge in [-0.2, -0.15) is 5.10 Å². The number of benzene rings is 1. The Morgan fingerprint density at radius 2 is 1.76 bits per heavy atom. The van der Waals surface area contributed by atoms with Crippen LogP contribution in [0, 0.1) is 13.8 Å². The van der Waals surface area contributed by atoms with Gasteiger partial charge in [-0.3, -0.25) is 4.79 Å². The van der Waals surface area contributed by atoms with Crippen LogP contribution in [0.5, 0.6) is 0 Å². The van der Waals surface area contributed by atoms with Crippen molar-refractivity contribution >= 4 is 40.3 Å². The molecule has 0 aliphatic carbocycles. The fourth-order valence-corrected chi connectivity index (χ4v) is 4.46. The molecule has 1 aliphatic heterocycles. The van der Waals surface area contributed by atoms with Crippen LogP contribution in [0.4, 0.5) is 10.5 Å². The molecule has 2 aromatic heterocycles. The minimum absolute atomic E-state index is 0.0747. The number of amides is 2. The van der Waals surface area contributed by atoms with Crippen LogP contribution < -0.4 is 5.32 Å². The van der Waals surface area contributed by atoms with Gasteiger partial charge in [-0.15, -0.1) is 0 Å². The molecule has 4 rings (SSSR count). The first-order chi connectivity index (χ1) is 16.0. The number of aryl methyl sites for hydroxylation is 2. The summed E-state index contributed by atoms with van der Waals surface area (Å²) in [5.41, 5.74) is 2.94. The molecule has 0 spiro atoms. The number of halogens is 1. The van der Waals surface area contributed by atoms with Crippen molar-refractivity contribution in [1.82, 2.24) is 19.7 Å². The molecular formula is C25H30ClN5O3. The largest absolute Gasteiger partial charge is 0.444 e. The van der Waals surface area contributed by atoms with Gasteiger partial charge in [-0.05, 0) is 59.6 Å². The highest BCUT2D eigenvalue weighted by Crippen LogP contribution is 2.33. The molecule has 0 unspecified atom stereocenters. The smallest absolute Gasteiger partial charge is 0.410 e. The lowest BCUT2D eigenvalue weighted by molar-refractivity contribution is 0.0186. The fourth-order valence-electron chi connectivity index (χ4n) is 4.10. The molecule has 9 heteroatoms. The minimum Gasteiger partial charge on any atom is -0.444 e. The summed E-state index contributed by atoms with van der Waals surface area (Å²) in [6.07, 6.45) is 2.66. The van der Waals surface area contributed by atoms with E-state index in [0.29, 0.717) is 46.1 Å². The number of pyridine rings is 1. The number of nitrogens with one attached hydrogen (secondary N) is 1. The van der Waals surface area contributed by atoms with E-state index in [0.717, 1.165) is 18.4 Å². The molecule has 3 heterocycles. The van der Waals surface area contributed by atoms with Crippen LogP contribution in [0.25, 0.3) is 11.0 Å². The highest BCUT2D eigenvalue weighted by atomic mass is 35.5. The van der Waals surface area contributed by atoms with Gasteiger partial charge in [0, 0.05) is 25.0 Å². The Kier molecular flexibility index (Phi) is 6.53. The normalized spacial score (nSPS) is 14.9. The lowest BCUT2D eigenvalue weighted by Gasteiger charge is -2.33. The van der Waals surface area contributed by atoms with Crippen molar-refractivity contribution in [3.63, 3.8) is 0 Å². The van der Waals surface area contributed by atoms with E-state index in [-0.39, 0.29) is 18.0 Å². The summed E-state index contributed by atoms with van der Waals surface area (Å²) in [6.45, 7) is 10.6. The number of likely N-dealkylation sites (tertiary alicyclic amines) is 1. The van der Waals surface area contributed by atoms with E-state index in [1.807, 2.05) is 63.6 Å². The Bertz CT molecular complexity index is 1220. The third-order valence-electron chi connectivity index (χ3n) is 5.85. The highest BCUT2D eigenvalue weighted by Gasteiger charge is 2.30. The molecule has 180 valence electrons. The Balaban J connectivity index is 1.53. The SMILES string of the molecule is Cc1ccc(NC(=O)c2cnc3c(c(C)nn3C3CCN(C(=O)OC(C)(C)C)CC3)c2Cl)cc1. The van der Waals surface area contributed by atoms with Gasteiger partial charge < -0.3 is 15.0 Å². The van der Waals surface area contributed by atoms with E-state index < -0.39 is 5.60 Å². The van der Waals surface area contributed by atoms with Crippen molar-refractivity contribution in [1.29, 1.82) is 0 Å². The number of carbonyl (C=O) groups is 2. The van der Waals surface area contributed by atoms with Gasteiger partial charge in [-0.1, -0.05) is 29.3 Å². The van der Waals surface area contributed by atoms with E-state index in [1.165, 1.54) is 6.20 Å². The van der Waals surface area contributed by atoms with Crippen molar-refractivity contribution in [2.45, 2.75) is 59.1 Å². The molecular weight excluding hydrogens is 454 g/mol. The van der Waals surface area contributed by atoms with Gasteiger partial charge in [-0.25, -0.2) is 14.5 Å². The lowest BCUT2D eigenvalue weighted by Crippen LogP contribution is -2.42. The Morgan fingerprint density at radius 1 is 1.12 bits per heavy atom. The summed E-state index contributed by atoms with van der Waals surface area (Å²) in [5, 5.41) is 8.58. The average Bonchev–Trinajstić information content (AvgIpc) is 3.11. The third kappa shape index (κ3) is 5.01. The lowest BCUT2D eigenvalue weighted by atomic mass is 10.1. The van der Waals surface area contributed by atoms with Gasteiger partial charge in [0.15, 0.2) is 5.65 Å². The zero-order chi connectivity index (χ0) is 24.6. The number of ether oxygens (including phenoxy) is 1. The number of piperidine rings is 1. The van der Waals surface area contributed by atoms with Crippen molar-refractivity contribution < 1.29 is 14.3 Å². The third-order valence-corrected chi connectivity index (χ3v) is 6.24. The molecule has 0 radical (unpaired) electrons. The van der Waals surface area contributed by atoms with Crippen LogP contribution in [-0.4, -0.2) is 50.4 Å². The van der Waals surface area contributed by atoms with E-state index in [2.05, 4.69) is 10.3 Å². The molecule has 0 bridgehead atoms. The standard InChI is InChI=1S/C25H30ClN5O3/c1-15-6-8-17(9-7-15)28-23(32)19-14-27-22-20(21(19)26)16(2)29-31(22)18-10-12-30(13-11-18)24(33)34-25(3,4)5/h6-9,14,18H,10-13H2,1-5H3,(H,28,32). The van der Waals surface area contributed by atoms with Crippen molar-refractivity contribution in [3.05, 3.63) is 52.3 Å². The fraction of sp³-hybridized carbons (Fsp3) is 0.440. The second-order valence-electron chi connectivity index (χ2n) is 9.73. The maximum absolute atomic E-state index is 12.9. The van der Waals surface area contributed by atoms with Gasteiger partial charge in [0.25, 0.3) is 5.91 Å². The van der Waals surface area contributed by atoms with E-state index in [9.17, 15) is 9.59 Å². The number of fused-ring (bicyclic) bond motifs is 1. The maximum Gasteiger partial charge on any atom is 0.410 e. The molecule has 1 aliphatic rings. The first-order valence-corrected chi connectivity index (χ1v) is 11.8. The number of rotatable bonds is 3. The van der Waals surface area contributed by atoms with Gasteiger partial charge in [0.2, 0.25) is 0 Å². The molecule has 1 saturated heterocycles. The van der Waals surface area contributed by atoms with Crippen molar-refractivity contribution in [2.75, 3.05) is 18.4 Å². The monoisotopic (exact) mass is 483 g/mol. The Morgan fingerprint density at radius 3 is 2.38 bits per heavy atom. The molecule has 0 atom stereocenters. The predicted octanol–water partition coefficient (Wildman–Crippen LogP) is 5.53. The predicted molar refractivity (Wildman–Crippen MR) is 132 cm³/mol. The second-order valence-corrected chi connectivity index (χ2v) is 10.1. The first kappa shape index (κ1) is 24.0. The topological polar surface area (TPSA) is 89.4 Å². The molecule has 3 aromatic rings. The van der Waals surface area contributed by atoms with Crippen molar-refractivity contribution in [3.8, 4) is 0 Å². The van der Waals surface area contributed by atoms with Gasteiger partial charge >= 0.3 is 6.09 Å². The minimum atomic E-state index is -0.520. The number of hydrogen-bond acceptors (Lipinski definition) is 5. The van der Waals surface area contributed by atoms with Crippen molar-refractivity contribution in [2.24, 2.45) is 0 Å². The Hall–Kier alpha value is -3.13. The number of hydrogen-bond donors (Lipinski definition) is 1. The average molecular weight is 484 g/mol. The second kappa shape index (κ2) is 9.25. The molecule has 8 nitrogen and oxygen atoms in total. The molecule has 2 amide bonds. The first-order valence-electron chi connectivity index (χ1n) is 11.4. The number of carbonyl (C=O) groups excluding carboxylic acids is 2. The number of aromatic nitrogens is 3. The zero-order valence-corrected chi connectivity index (χ0v) is 20.9. The number of anilines is 1. The highest BCUT2D eigenvalue weighted by molar-refractivity contribution is 6.39. The number of nitrogens with zero attached hydrogens (tertiary/aromatic N) is 4. The summed E-state index contributed by atoms with van der Waals surface area (Å²) < 4.78 is 7.37. The molecule has 1 aromatic carbocycles. The van der Waals surface area contributed by atoms with Crippen LogP contribution in [0.2, 0.25) is 5.02 Å². The van der Waals surface area contributed by atoms with Gasteiger partial charge in [0.05, 0.1) is 27.7 Å². The molecule has 0 saturated carbocycles. The zero-order valence-electron chi connectivity index (χ0n) is 20.2.